The molecule has 1 rings (SSSR count). The summed E-state index contributed by atoms with van der Waals surface area (Å²) in [5.41, 5.74) is 0. The fourth-order valence-electron chi connectivity index (χ4n) is 1.20. The first-order valence-electron chi connectivity index (χ1n) is 4.53. The molecule has 16 heavy (non-hydrogen) atoms. The van der Waals surface area contributed by atoms with Crippen molar-refractivity contribution in [3.8, 4) is 5.75 Å². The van der Waals surface area contributed by atoms with Gasteiger partial charge in [-0.2, -0.15) is 0 Å². The Hall–Kier alpha value is 0.0400. The number of hydrogen-bond acceptors (Lipinski definition) is 5. The lowest BCUT2D eigenvalue weighted by atomic mass is 10.3. The molecule has 6 heteroatoms. The molecule has 0 unspecified atom stereocenters. The van der Waals surface area contributed by atoms with Crippen LogP contribution >= 0.6 is 27.2 Å². The molecule has 0 saturated heterocycles. The first-order valence-corrected chi connectivity index (χ1v) is 11.0. The number of carbonyl (C=O) groups excluding carboxylic acids is 1. The summed E-state index contributed by atoms with van der Waals surface area (Å²) >= 11 is 8.99. The zero-order valence-corrected chi connectivity index (χ0v) is 12.6. The molecule has 0 atom stereocenters. The van der Waals surface area contributed by atoms with E-state index in [0.717, 1.165) is 5.30 Å². The van der Waals surface area contributed by atoms with Gasteiger partial charge in [0.2, 0.25) is 0 Å². The molecule has 0 aromatic heterocycles. The smallest absolute Gasteiger partial charge is 0.308 e. The summed E-state index contributed by atoms with van der Waals surface area (Å²) in [7, 11) is 0. The zero-order valence-electron chi connectivity index (χ0n) is 9.30. The monoisotopic (exact) mass is 292 g/mol. The molecule has 0 aliphatic carbocycles. The minimum absolute atomic E-state index is 0.309. The van der Waals surface area contributed by atoms with Crippen molar-refractivity contribution < 1.29 is 9.53 Å². The van der Waals surface area contributed by atoms with Crippen LogP contribution in [0.3, 0.4) is 0 Å². The Morgan fingerprint density at radius 3 is 2.38 bits per heavy atom. The van der Waals surface area contributed by atoms with Crippen molar-refractivity contribution in [2.24, 2.45) is 0 Å². The lowest BCUT2D eigenvalue weighted by Crippen LogP contribution is -2.10. The standard InChI is InChI=1S/C10H13O2PS3/c1-8(11)12-9-6-4-5-7-10(9)13(14,15-2)16-3/h4-7H,1-3H3. The minimum Gasteiger partial charge on any atom is -0.426 e. The van der Waals surface area contributed by atoms with E-state index in [1.807, 2.05) is 30.7 Å². The van der Waals surface area contributed by atoms with Gasteiger partial charge in [-0.25, -0.2) is 0 Å². The van der Waals surface area contributed by atoms with Gasteiger partial charge in [0, 0.05) is 12.2 Å². The molecule has 2 nitrogen and oxygen atoms in total. The van der Waals surface area contributed by atoms with Crippen LogP contribution in [0.25, 0.3) is 0 Å². The van der Waals surface area contributed by atoms with E-state index in [9.17, 15) is 4.79 Å². The van der Waals surface area contributed by atoms with Crippen LogP contribution in [0, 0.1) is 0 Å². The summed E-state index contributed by atoms with van der Waals surface area (Å²) in [6.07, 6.45) is 4.00. The number of carbonyl (C=O) groups is 1. The summed E-state index contributed by atoms with van der Waals surface area (Å²) in [5.74, 6) is 0.290. The Bertz CT molecular complexity index is 426. The molecule has 0 bridgehead atoms. The number of ether oxygens (including phenoxy) is 1. The average molecular weight is 292 g/mol. The van der Waals surface area contributed by atoms with E-state index in [1.165, 1.54) is 6.92 Å². The lowest BCUT2D eigenvalue weighted by molar-refractivity contribution is -0.131. The van der Waals surface area contributed by atoms with E-state index in [0.29, 0.717) is 5.75 Å². The molecule has 0 radical (unpaired) electrons. The molecule has 0 saturated carbocycles. The molecular weight excluding hydrogens is 279 g/mol. The van der Waals surface area contributed by atoms with E-state index >= 15 is 0 Å². The predicted octanol–water partition coefficient (Wildman–Crippen LogP) is 3.27. The van der Waals surface area contributed by atoms with Crippen molar-refractivity contribution in [3.63, 3.8) is 0 Å². The van der Waals surface area contributed by atoms with Crippen molar-refractivity contribution in [2.45, 2.75) is 6.92 Å². The van der Waals surface area contributed by atoms with Crippen LogP contribution in [0.15, 0.2) is 24.3 Å². The minimum atomic E-state index is -1.74. The summed E-state index contributed by atoms with van der Waals surface area (Å²) < 4.78 is 3.45. The maximum Gasteiger partial charge on any atom is 0.308 e. The second-order valence-corrected chi connectivity index (χ2v) is 14.3. The van der Waals surface area contributed by atoms with Crippen LogP contribution < -0.4 is 10.0 Å². The molecule has 1 aromatic carbocycles. The maximum absolute atomic E-state index is 11.0. The fourth-order valence-corrected chi connectivity index (χ4v) is 6.72. The molecular formula is C10H13O2PS3. The molecule has 0 aliphatic heterocycles. The Kier molecular flexibility index (Phi) is 5.38. The summed E-state index contributed by atoms with van der Waals surface area (Å²) in [4.78, 5) is 11.0. The first kappa shape index (κ1) is 14.1. The topological polar surface area (TPSA) is 26.3 Å². The number of rotatable bonds is 4. The van der Waals surface area contributed by atoms with Crippen molar-refractivity contribution >= 4 is 50.3 Å². The number of benzene rings is 1. The van der Waals surface area contributed by atoms with Gasteiger partial charge in [0.05, 0.1) is 4.44 Å². The molecule has 0 heterocycles. The van der Waals surface area contributed by atoms with Crippen LogP contribution in [0.4, 0.5) is 0 Å². The van der Waals surface area contributed by atoms with Crippen LogP contribution in [-0.4, -0.2) is 18.5 Å². The van der Waals surface area contributed by atoms with E-state index in [1.54, 1.807) is 28.8 Å². The molecule has 0 amide bonds. The largest absolute Gasteiger partial charge is 0.426 e. The predicted molar refractivity (Wildman–Crippen MR) is 78.7 cm³/mol. The van der Waals surface area contributed by atoms with Gasteiger partial charge in [0.25, 0.3) is 0 Å². The summed E-state index contributed by atoms with van der Waals surface area (Å²) in [6, 6.07) is 7.52. The van der Waals surface area contributed by atoms with Crippen molar-refractivity contribution in [2.75, 3.05) is 12.5 Å². The highest BCUT2D eigenvalue weighted by molar-refractivity contribution is 9.02. The van der Waals surface area contributed by atoms with Crippen LogP contribution in [0.5, 0.6) is 5.75 Å². The SMILES string of the molecule is CSP(=S)(SC)c1ccccc1OC(C)=O. The molecule has 0 fully saturated rings. The van der Waals surface area contributed by atoms with Crippen molar-refractivity contribution in [3.05, 3.63) is 24.3 Å². The molecule has 0 N–H and O–H groups in total. The van der Waals surface area contributed by atoms with Crippen molar-refractivity contribution in [1.82, 2.24) is 0 Å². The lowest BCUT2D eigenvalue weighted by Gasteiger charge is -2.19. The third-order valence-corrected chi connectivity index (χ3v) is 13.8. The zero-order chi connectivity index (χ0) is 12.2. The van der Waals surface area contributed by atoms with Crippen LogP contribution in [0.2, 0.25) is 0 Å². The van der Waals surface area contributed by atoms with E-state index < -0.39 is 4.44 Å². The third kappa shape index (κ3) is 3.27. The maximum atomic E-state index is 11.0. The second-order valence-electron chi connectivity index (χ2n) is 2.92. The van der Waals surface area contributed by atoms with Crippen LogP contribution in [0.1, 0.15) is 6.92 Å². The van der Waals surface area contributed by atoms with Gasteiger partial charge in [0.15, 0.2) is 0 Å². The van der Waals surface area contributed by atoms with E-state index in [4.69, 9.17) is 16.5 Å². The first-order chi connectivity index (χ1) is 7.53. The molecule has 0 spiro atoms. The van der Waals surface area contributed by atoms with Gasteiger partial charge < -0.3 is 4.74 Å². The fraction of sp³-hybridized carbons (Fsp3) is 0.300. The molecule has 88 valence electrons. The number of hydrogen-bond donors (Lipinski definition) is 0. The Balaban J connectivity index is 3.22. The van der Waals surface area contributed by atoms with Gasteiger partial charge >= 0.3 is 5.97 Å². The highest BCUT2D eigenvalue weighted by atomic mass is 33.2. The van der Waals surface area contributed by atoms with Gasteiger partial charge in [0.1, 0.15) is 5.75 Å². The van der Waals surface area contributed by atoms with Gasteiger partial charge in [-0.05, 0) is 24.6 Å². The van der Waals surface area contributed by atoms with Gasteiger partial charge in [-0.15, -0.1) is 22.8 Å². The van der Waals surface area contributed by atoms with Gasteiger partial charge in [-0.3, -0.25) is 4.79 Å². The third-order valence-electron chi connectivity index (χ3n) is 1.89. The highest BCUT2D eigenvalue weighted by Crippen LogP contribution is 2.67. The quantitative estimate of drug-likeness (QED) is 0.482. The second kappa shape index (κ2) is 6.10. The Labute approximate surface area is 109 Å². The molecule has 0 aliphatic rings. The summed E-state index contributed by atoms with van der Waals surface area (Å²) in [5, 5.41) is 0.972. The number of esters is 1. The normalized spacial score (nSPS) is 11.2. The highest BCUT2D eigenvalue weighted by Gasteiger charge is 2.21. The summed E-state index contributed by atoms with van der Waals surface area (Å²) in [6.45, 7) is 1.40. The van der Waals surface area contributed by atoms with Crippen molar-refractivity contribution in [1.29, 1.82) is 0 Å². The van der Waals surface area contributed by atoms with E-state index in [2.05, 4.69) is 0 Å². The Morgan fingerprint density at radius 2 is 1.88 bits per heavy atom. The Morgan fingerprint density at radius 1 is 1.31 bits per heavy atom. The van der Waals surface area contributed by atoms with Gasteiger partial charge in [-0.1, -0.05) is 23.9 Å². The van der Waals surface area contributed by atoms with Crippen LogP contribution in [-0.2, 0) is 16.6 Å². The molecule has 1 aromatic rings. The average Bonchev–Trinajstić information content (AvgIpc) is 2.28. The van der Waals surface area contributed by atoms with E-state index in [-0.39, 0.29) is 5.97 Å². The number of para-hydroxylation sites is 1.